The molecule has 30 heavy (non-hydrogen) atoms. The SMILES string of the molecule is Cc1cc(/C=C2\C(=O)Nc3ccc(Cl)cc32)c(C)n1CC1COc2ccccc2O1. The Labute approximate surface area is 179 Å². The first-order valence-corrected chi connectivity index (χ1v) is 10.3. The Bertz CT molecular complexity index is 1200. The molecule has 1 unspecified atom stereocenters. The van der Waals surface area contributed by atoms with Crippen LogP contribution in [0.15, 0.2) is 48.5 Å². The summed E-state index contributed by atoms with van der Waals surface area (Å²) in [7, 11) is 0. The Kier molecular flexibility index (Phi) is 4.55. The molecule has 0 fully saturated rings. The molecule has 2 aliphatic rings. The number of hydrogen-bond acceptors (Lipinski definition) is 3. The molecule has 1 aromatic heterocycles. The predicted octanol–water partition coefficient (Wildman–Crippen LogP) is 5.09. The molecule has 6 heteroatoms. The molecule has 5 rings (SSSR count). The maximum absolute atomic E-state index is 12.5. The van der Waals surface area contributed by atoms with Crippen LogP contribution in [0.3, 0.4) is 0 Å². The fourth-order valence-electron chi connectivity index (χ4n) is 4.07. The number of benzene rings is 2. The second-order valence-electron chi connectivity index (χ2n) is 7.64. The van der Waals surface area contributed by atoms with Gasteiger partial charge in [0.25, 0.3) is 5.91 Å². The summed E-state index contributed by atoms with van der Waals surface area (Å²) < 4.78 is 14.2. The van der Waals surface area contributed by atoms with E-state index in [2.05, 4.69) is 29.8 Å². The molecule has 1 amide bonds. The van der Waals surface area contributed by atoms with Gasteiger partial charge >= 0.3 is 0 Å². The first-order chi connectivity index (χ1) is 14.5. The number of para-hydroxylation sites is 2. The van der Waals surface area contributed by atoms with Gasteiger partial charge in [-0.3, -0.25) is 4.79 Å². The van der Waals surface area contributed by atoms with Gasteiger partial charge in [-0.25, -0.2) is 0 Å². The van der Waals surface area contributed by atoms with E-state index in [9.17, 15) is 4.79 Å². The van der Waals surface area contributed by atoms with E-state index in [1.807, 2.05) is 42.5 Å². The molecule has 152 valence electrons. The number of aromatic nitrogens is 1. The van der Waals surface area contributed by atoms with Crippen LogP contribution < -0.4 is 14.8 Å². The van der Waals surface area contributed by atoms with Gasteiger partial charge in [0.05, 0.1) is 6.54 Å². The Morgan fingerprint density at radius 2 is 1.97 bits per heavy atom. The minimum Gasteiger partial charge on any atom is -0.486 e. The van der Waals surface area contributed by atoms with Crippen LogP contribution in [0.1, 0.15) is 22.5 Å². The normalized spacial score (nSPS) is 18.4. The average molecular weight is 421 g/mol. The Balaban J connectivity index is 1.44. The highest BCUT2D eigenvalue weighted by Gasteiger charge is 2.26. The Morgan fingerprint density at radius 1 is 1.17 bits per heavy atom. The zero-order chi connectivity index (χ0) is 20.8. The molecule has 0 spiro atoms. The summed E-state index contributed by atoms with van der Waals surface area (Å²) in [5, 5.41) is 3.51. The summed E-state index contributed by atoms with van der Waals surface area (Å²) in [4.78, 5) is 12.5. The van der Waals surface area contributed by atoms with Crippen molar-refractivity contribution in [2.45, 2.75) is 26.5 Å². The monoisotopic (exact) mass is 420 g/mol. The number of ether oxygens (including phenoxy) is 2. The van der Waals surface area contributed by atoms with Gasteiger partial charge in [0, 0.05) is 33.2 Å². The van der Waals surface area contributed by atoms with E-state index >= 15 is 0 Å². The van der Waals surface area contributed by atoms with Gasteiger partial charge in [0.1, 0.15) is 6.61 Å². The molecule has 1 N–H and O–H groups in total. The summed E-state index contributed by atoms with van der Waals surface area (Å²) in [5.74, 6) is 1.44. The Hall–Kier alpha value is -3.18. The lowest BCUT2D eigenvalue weighted by molar-refractivity contribution is -0.110. The van der Waals surface area contributed by atoms with Gasteiger partial charge in [-0.2, -0.15) is 0 Å². The zero-order valence-electron chi connectivity index (χ0n) is 16.7. The molecule has 1 atom stereocenters. The highest BCUT2D eigenvalue weighted by molar-refractivity contribution is 6.36. The van der Waals surface area contributed by atoms with Crippen LogP contribution in [0.25, 0.3) is 11.6 Å². The van der Waals surface area contributed by atoms with Crippen LogP contribution in [0, 0.1) is 13.8 Å². The summed E-state index contributed by atoms with van der Waals surface area (Å²) in [6.45, 7) is 5.29. The van der Waals surface area contributed by atoms with E-state index in [-0.39, 0.29) is 12.0 Å². The summed E-state index contributed by atoms with van der Waals surface area (Å²) in [6, 6.07) is 15.2. The van der Waals surface area contributed by atoms with Crippen molar-refractivity contribution in [2.24, 2.45) is 0 Å². The molecule has 0 saturated carbocycles. The van der Waals surface area contributed by atoms with Gasteiger partial charge < -0.3 is 19.4 Å². The molecule has 0 aliphatic carbocycles. The third-order valence-electron chi connectivity index (χ3n) is 5.63. The topological polar surface area (TPSA) is 52.5 Å². The molecule has 5 nitrogen and oxygen atoms in total. The molecule has 0 radical (unpaired) electrons. The van der Waals surface area contributed by atoms with Gasteiger partial charge in [0.15, 0.2) is 17.6 Å². The lowest BCUT2D eigenvalue weighted by Gasteiger charge is -2.27. The Morgan fingerprint density at radius 3 is 2.80 bits per heavy atom. The number of halogens is 1. The lowest BCUT2D eigenvalue weighted by atomic mass is 10.0. The third kappa shape index (κ3) is 3.25. The first kappa shape index (κ1) is 18.8. The van der Waals surface area contributed by atoms with Crippen molar-refractivity contribution in [1.29, 1.82) is 0 Å². The van der Waals surface area contributed by atoms with Crippen molar-refractivity contribution in [1.82, 2.24) is 4.57 Å². The molecule has 3 heterocycles. The summed E-state index contributed by atoms with van der Waals surface area (Å²) in [6.07, 6.45) is 1.85. The molecule has 2 aliphatic heterocycles. The van der Waals surface area contributed by atoms with Crippen molar-refractivity contribution < 1.29 is 14.3 Å². The van der Waals surface area contributed by atoms with Crippen molar-refractivity contribution in [3.63, 3.8) is 0 Å². The van der Waals surface area contributed by atoms with E-state index in [4.69, 9.17) is 21.1 Å². The highest BCUT2D eigenvalue weighted by Crippen LogP contribution is 2.36. The number of hydrogen-bond donors (Lipinski definition) is 1. The third-order valence-corrected chi connectivity index (χ3v) is 5.87. The zero-order valence-corrected chi connectivity index (χ0v) is 17.5. The van der Waals surface area contributed by atoms with Crippen molar-refractivity contribution in [3.05, 3.63) is 76.1 Å². The molecule has 0 saturated heterocycles. The fraction of sp³-hybridized carbons (Fsp3) is 0.208. The van der Waals surface area contributed by atoms with Crippen LogP contribution in [0.2, 0.25) is 5.02 Å². The van der Waals surface area contributed by atoms with Crippen LogP contribution >= 0.6 is 11.6 Å². The molecule has 3 aromatic rings. The molecule has 0 bridgehead atoms. The smallest absolute Gasteiger partial charge is 0.256 e. The number of rotatable bonds is 3. The number of nitrogens with zero attached hydrogens (tertiary/aromatic N) is 1. The maximum atomic E-state index is 12.5. The molecule has 2 aromatic carbocycles. The van der Waals surface area contributed by atoms with E-state index < -0.39 is 0 Å². The summed E-state index contributed by atoms with van der Waals surface area (Å²) in [5.41, 5.74) is 5.42. The number of carbonyl (C=O) groups excluding carboxylic acids is 1. The number of carbonyl (C=O) groups is 1. The number of fused-ring (bicyclic) bond motifs is 2. The van der Waals surface area contributed by atoms with Crippen LogP contribution in [0.4, 0.5) is 5.69 Å². The van der Waals surface area contributed by atoms with E-state index in [1.165, 1.54) is 0 Å². The van der Waals surface area contributed by atoms with Crippen molar-refractivity contribution in [3.8, 4) is 11.5 Å². The van der Waals surface area contributed by atoms with E-state index in [0.717, 1.165) is 39.7 Å². The van der Waals surface area contributed by atoms with Crippen molar-refractivity contribution >= 4 is 34.8 Å². The van der Waals surface area contributed by atoms with Gasteiger partial charge in [-0.05, 0) is 61.9 Å². The molecular weight excluding hydrogens is 400 g/mol. The van der Waals surface area contributed by atoms with Gasteiger partial charge in [-0.15, -0.1) is 0 Å². The van der Waals surface area contributed by atoms with Crippen LogP contribution in [0.5, 0.6) is 11.5 Å². The first-order valence-electron chi connectivity index (χ1n) is 9.88. The number of aryl methyl sites for hydroxylation is 1. The van der Waals surface area contributed by atoms with Crippen molar-refractivity contribution in [2.75, 3.05) is 11.9 Å². The number of anilines is 1. The second kappa shape index (κ2) is 7.26. The fourth-order valence-corrected chi connectivity index (χ4v) is 4.24. The van der Waals surface area contributed by atoms with Gasteiger partial charge in [0.2, 0.25) is 0 Å². The minimum atomic E-state index is -0.113. The van der Waals surface area contributed by atoms with Crippen LogP contribution in [-0.2, 0) is 11.3 Å². The average Bonchev–Trinajstić information content (AvgIpc) is 3.18. The van der Waals surface area contributed by atoms with E-state index in [1.54, 1.807) is 6.07 Å². The molecular formula is C24H21ClN2O3. The minimum absolute atomic E-state index is 0.0838. The summed E-state index contributed by atoms with van der Waals surface area (Å²) >= 11 is 6.15. The van der Waals surface area contributed by atoms with E-state index in [0.29, 0.717) is 23.7 Å². The number of nitrogens with one attached hydrogen (secondary N) is 1. The van der Waals surface area contributed by atoms with Crippen LogP contribution in [-0.4, -0.2) is 23.2 Å². The maximum Gasteiger partial charge on any atom is 0.256 e. The predicted molar refractivity (Wildman–Crippen MR) is 118 cm³/mol. The lowest BCUT2D eigenvalue weighted by Crippen LogP contribution is -2.33. The van der Waals surface area contributed by atoms with Gasteiger partial charge in [-0.1, -0.05) is 23.7 Å². The standard InChI is InChI=1S/C24H21ClN2O3/c1-14-9-16(10-20-19-11-17(25)7-8-21(19)26-24(20)28)15(2)27(14)12-18-13-29-22-5-3-4-6-23(22)30-18/h3-11,18H,12-13H2,1-2H3,(H,26,28)/b20-10-. The quantitative estimate of drug-likeness (QED) is 0.600. The second-order valence-corrected chi connectivity index (χ2v) is 8.07. The largest absolute Gasteiger partial charge is 0.486 e. The number of amides is 1. The highest BCUT2D eigenvalue weighted by atomic mass is 35.5.